The van der Waals surface area contributed by atoms with Crippen molar-refractivity contribution in [3.05, 3.63) is 42.4 Å². The van der Waals surface area contributed by atoms with Crippen molar-refractivity contribution >= 4 is 23.1 Å². The summed E-state index contributed by atoms with van der Waals surface area (Å²) in [6, 6.07) is 8.40. The van der Waals surface area contributed by atoms with Crippen molar-refractivity contribution in [3.63, 3.8) is 0 Å². The van der Waals surface area contributed by atoms with Crippen LogP contribution in [0.4, 0.5) is 17.2 Å². The average molecular weight is 396 g/mol. The van der Waals surface area contributed by atoms with Gasteiger partial charge in [0.25, 0.3) is 5.91 Å². The number of nitrogens with one attached hydrogen (secondary N) is 2. The second-order valence-corrected chi connectivity index (χ2v) is 7.69. The fourth-order valence-corrected chi connectivity index (χ4v) is 3.99. The van der Waals surface area contributed by atoms with Crippen LogP contribution < -0.4 is 15.5 Å². The van der Waals surface area contributed by atoms with E-state index in [-0.39, 0.29) is 11.9 Å². The number of aromatic nitrogens is 2. The number of amides is 1. The smallest absolute Gasteiger partial charge is 0.271 e. The van der Waals surface area contributed by atoms with Crippen molar-refractivity contribution in [2.45, 2.75) is 44.6 Å². The van der Waals surface area contributed by atoms with Crippen molar-refractivity contribution in [3.8, 4) is 0 Å². The highest BCUT2D eigenvalue weighted by atomic mass is 16.5. The van der Waals surface area contributed by atoms with Gasteiger partial charge in [0.1, 0.15) is 11.5 Å². The third kappa shape index (κ3) is 5.23. The monoisotopic (exact) mass is 395 g/mol. The molecule has 2 N–H and O–H groups in total. The zero-order valence-corrected chi connectivity index (χ0v) is 16.8. The molecule has 2 aromatic rings. The van der Waals surface area contributed by atoms with Gasteiger partial charge >= 0.3 is 0 Å². The summed E-state index contributed by atoms with van der Waals surface area (Å²) >= 11 is 0. The molecule has 2 aliphatic rings. The second kappa shape index (κ2) is 9.69. The lowest BCUT2D eigenvalue weighted by molar-refractivity contribution is 0.0928. The molecule has 7 nitrogen and oxygen atoms in total. The van der Waals surface area contributed by atoms with Crippen molar-refractivity contribution in [2.75, 3.05) is 36.5 Å². The topological polar surface area (TPSA) is 79.4 Å². The third-order valence-corrected chi connectivity index (χ3v) is 5.59. The number of para-hydroxylation sites is 2. The number of ether oxygens (including phenoxy) is 1. The average Bonchev–Trinajstić information content (AvgIpc) is 3.04. The molecule has 0 bridgehead atoms. The molecule has 0 unspecified atom stereocenters. The number of anilines is 3. The van der Waals surface area contributed by atoms with E-state index in [1.165, 1.54) is 25.7 Å². The lowest BCUT2D eigenvalue weighted by Crippen LogP contribution is -2.36. The third-order valence-electron chi connectivity index (χ3n) is 5.59. The number of benzene rings is 1. The van der Waals surface area contributed by atoms with Gasteiger partial charge in [0, 0.05) is 19.1 Å². The van der Waals surface area contributed by atoms with Gasteiger partial charge in [0.05, 0.1) is 37.0 Å². The van der Waals surface area contributed by atoms with Crippen LogP contribution in [0.3, 0.4) is 0 Å². The lowest BCUT2D eigenvalue weighted by Gasteiger charge is -2.30. The highest BCUT2D eigenvalue weighted by Gasteiger charge is 2.18. The summed E-state index contributed by atoms with van der Waals surface area (Å²) in [4.78, 5) is 23.6. The van der Waals surface area contributed by atoms with E-state index in [4.69, 9.17) is 4.74 Å². The minimum atomic E-state index is -0.135. The lowest BCUT2D eigenvalue weighted by atomic mass is 10.1. The molecule has 1 aromatic carbocycles. The maximum absolute atomic E-state index is 12.5. The zero-order chi connectivity index (χ0) is 19.9. The summed E-state index contributed by atoms with van der Waals surface area (Å²) in [6.45, 7) is 3.20. The summed E-state index contributed by atoms with van der Waals surface area (Å²) in [7, 11) is 0. The molecule has 4 rings (SSSR count). The Labute approximate surface area is 171 Å². The van der Waals surface area contributed by atoms with Crippen molar-refractivity contribution in [2.24, 2.45) is 0 Å². The standard InChI is InChI=1S/C22H29N5O2/c28-22(25-17-7-3-1-2-4-8-17)19-15-24-21(16-23-19)26-18-9-5-6-10-20(18)27-11-13-29-14-12-27/h5-6,9-10,15-17H,1-4,7-8,11-14H2,(H,24,26)(H,25,28). The Morgan fingerprint density at radius 1 is 1.00 bits per heavy atom. The first-order chi connectivity index (χ1) is 14.3. The van der Waals surface area contributed by atoms with Gasteiger partial charge in [-0.1, -0.05) is 37.8 Å². The molecule has 0 atom stereocenters. The van der Waals surface area contributed by atoms with Gasteiger partial charge in [0.15, 0.2) is 0 Å². The number of hydrogen-bond donors (Lipinski definition) is 2. The van der Waals surface area contributed by atoms with Crippen LogP contribution in [0, 0.1) is 0 Å². The summed E-state index contributed by atoms with van der Waals surface area (Å²) in [6.07, 6.45) is 10.2. The Balaban J connectivity index is 1.40. The van der Waals surface area contributed by atoms with E-state index in [0.29, 0.717) is 11.5 Å². The van der Waals surface area contributed by atoms with Crippen molar-refractivity contribution in [1.82, 2.24) is 15.3 Å². The summed E-state index contributed by atoms with van der Waals surface area (Å²) < 4.78 is 5.45. The molecule has 1 amide bonds. The molecule has 154 valence electrons. The van der Waals surface area contributed by atoms with E-state index in [2.05, 4.69) is 31.6 Å². The first kappa shape index (κ1) is 19.6. The fraction of sp³-hybridized carbons (Fsp3) is 0.500. The van der Waals surface area contributed by atoms with Crippen LogP contribution in [0.15, 0.2) is 36.7 Å². The number of carbonyl (C=O) groups is 1. The predicted molar refractivity (Wildman–Crippen MR) is 114 cm³/mol. The van der Waals surface area contributed by atoms with Crippen LogP contribution in [0.2, 0.25) is 0 Å². The van der Waals surface area contributed by atoms with E-state index < -0.39 is 0 Å². The molecular weight excluding hydrogens is 366 g/mol. The van der Waals surface area contributed by atoms with Gasteiger partial charge in [-0.15, -0.1) is 0 Å². The molecule has 1 saturated carbocycles. The quantitative estimate of drug-likeness (QED) is 0.755. The predicted octanol–water partition coefficient (Wildman–Crippen LogP) is 3.51. The fourth-order valence-electron chi connectivity index (χ4n) is 3.99. The summed E-state index contributed by atoms with van der Waals surface area (Å²) in [5.74, 6) is 0.487. The minimum Gasteiger partial charge on any atom is -0.378 e. The highest BCUT2D eigenvalue weighted by molar-refractivity contribution is 5.92. The zero-order valence-electron chi connectivity index (χ0n) is 16.8. The number of nitrogens with zero attached hydrogens (tertiary/aromatic N) is 3. The number of morpholine rings is 1. The normalized spacial score (nSPS) is 18.1. The Morgan fingerprint density at radius 2 is 1.76 bits per heavy atom. The molecule has 1 aromatic heterocycles. The molecular formula is C22H29N5O2. The molecule has 2 fully saturated rings. The van der Waals surface area contributed by atoms with Crippen LogP contribution >= 0.6 is 0 Å². The minimum absolute atomic E-state index is 0.135. The molecule has 2 heterocycles. The molecule has 1 aliphatic heterocycles. The van der Waals surface area contributed by atoms with E-state index in [1.54, 1.807) is 12.4 Å². The Hall–Kier alpha value is -2.67. The maximum Gasteiger partial charge on any atom is 0.271 e. The van der Waals surface area contributed by atoms with Crippen molar-refractivity contribution in [1.29, 1.82) is 0 Å². The van der Waals surface area contributed by atoms with Crippen LogP contribution in [0.1, 0.15) is 49.0 Å². The van der Waals surface area contributed by atoms with Gasteiger partial charge in [-0.05, 0) is 25.0 Å². The SMILES string of the molecule is O=C(NC1CCCCCC1)c1cnc(Nc2ccccc2N2CCOCC2)cn1. The van der Waals surface area contributed by atoms with Crippen LogP contribution in [-0.4, -0.2) is 48.2 Å². The van der Waals surface area contributed by atoms with Crippen molar-refractivity contribution < 1.29 is 9.53 Å². The first-order valence-corrected chi connectivity index (χ1v) is 10.6. The Morgan fingerprint density at radius 3 is 2.48 bits per heavy atom. The van der Waals surface area contributed by atoms with Crippen LogP contribution in [-0.2, 0) is 4.74 Å². The Kier molecular flexibility index (Phi) is 6.56. The molecule has 1 saturated heterocycles. The van der Waals surface area contributed by atoms with Gasteiger partial charge in [0.2, 0.25) is 0 Å². The molecule has 7 heteroatoms. The Bertz CT molecular complexity index is 797. The van der Waals surface area contributed by atoms with Crippen LogP contribution in [0.5, 0.6) is 0 Å². The van der Waals surface area contributed by atoms with Gasteiger partial charge in [-0.2, -0.15) is 0 Å². The summed E-state index contributed by atoms with van der Waals surface area (Å²) in [5.41, 5.74) is 2.45. The first-order valence-electron chi connectivity index (χ1n) is 10.6. The largest absolute Gasteiger partial charge is 0.378 e. The second-order valence-electron chi connectivity index (χ2n) is 7.69. The maximum atomic E-state index is 12.5. The number of hydrogen-bond acceptors (Lipinski definition) is 6. The van der Waals surface area contributed by atoms with Crippen LogP contribution in [0.25, 0.3) is 0 Å². The van der Waals surface area contributed by atoms with Gasteiger partial charge < -0.3 is 20.3 Å². The van der Waals surface area contributed by atoms with E-state index in [1.807, 2.05) is 18.2 Å². The molecule has 1 aliphatic carbocycles. The van der Waals surface area contributed by atoms with E-state index in [0.717, 1.165) is 50.5 Å². The van der Waals surface area contributed by atoms with E-state index in [9.17, 15) is 4.79 Å². The number of carbonyl (C=O) groups excluding carboxylic acids is 1. The van der Waals surface area contributed by atoms with E-state index >= 15 is 0 Å². The molecule has 29 heavy (non-hydrogen) atoms. The molecule has 0 spiro atoms. The van der Waals surface area contributed by atoms with Gasteiger partial charge in [-0.3, -0.25) is 4.79 Å². The van der Waals surface area contributed by atoms with Gasteiger partial charge in [-0.25, -0.2) is 9.97 Å². The number of rotatable bonds is 5. The molecule has 0 radical (unpaired) electrons. The summed E-state index contributed by atoms with van der Waals surface area (Å²) in [5, 5.41) is 6.45. The highest BCUT2D eigenvalue weighted by Crippen LogP contribution is 2.28.